The minimum atomic E-state index is -3.54. The summed E-state index contributed by atoms with van der Waals surface area (Å²) in [5, 5.41) is 0. The zero-order valence-electron chi connectivity index (χ0n) is 13.7. The highest BCUT2D eigenvalue weighted by atomic mass is 79.9. The number of hydrogen-bond acceptors (Lipinski definition) is 5. The quantitative estimate of drug-likeness (QED) is 0.603. The molecule has 23 heavy (non-hydrogen) atoms. The Morgan fingerprint density at radius 1 is 1.13 bits per heavy atom. The van der Waals surface area contributed by atoms with Crippen LogP contribution in [0.5, 0.6) is 0 Å². The van der Waals surface area contributed by atoms with E-state index in [-0.39, 0.29) is 36.7 Å². The van der Waals surface area contributed by atoms with E-state index in [0.29, 0.717) is 0 Å². The first kappa shape index (κ1) is 20.8. The fourth-order valence-electron chi connectivity index (χ4n) is 2.25. The number of rotatable bonds is 5. The number of carbonyl (C=O) groups is 1. The molecule has 8 nitrogen and oxygen atoms in total. The van der Waals surface area contributed by atoms with E-state index in [1.165, 1.54) is 9.21 Å². The van der Waals surface area contributed by atoms with E-state index >= 15 is 0 Å². The predicted molar refractivity (Wildman–Crippen MR) is 92.1 cm³/mol. The molecule has 0 aromatic carbocycles. The fraction of sp³-hybridized carbons (Fsp3) is 0.917. The molecule has 1 N–H and O–H groups in total. The molecule has 0 aliphatic carbocycles. The van der Waals surface area contributed by atoms with Crippen LogP contribution in [-0.2, 0) is 24.8 Å². The topological polar surface area (TPSA) is 104 Å². The summed E-state index contributed by atoms with van der Waals surface area (Å²) in [7, 11) is -6.89. The Morgan fingerprint density at radius 3 is 1.96 bits per heavy atom. The molecule has 1 rings (SSSR count). The lowest BCUT2D eigenvalue weighted by Crippen LogP contribution is -2.58. The number of hydrogen-bond donors (Lipinski definition) is 1. The molecule has 1 amide bonds. The molecule has 1 fully saturated rings. The molecule has 0 radical (unpaired) electrons. The third kappa shape index (κ3) is 5.96. The van der Waals surface area contributed by atoms with E-state index in [1.807, 2.05) is 0 Å². The Labute approximate surface area is 146 Å². The number of carbonyl (C=O) groups excluding carboxylic acids is 1. The van der Waals surface area contributed by atoms with Crippen LogP contribution in [0.15, 0.2) is 0 Å². The minimum absolute atomic E-state index is 0.159. The van der Waals surface area contributed by atoms with Crippen molar-refractivity contribution in [2.45, 2.75) is 26.8 Å². The molecule has 0 spiro atoms. The number of nitrogens with one attached hydrogen (secondary N) is 1. The van der Waals surface area contributed by atoms with Crippen molar-refractivity contribution in [3.05, 3.63) is 0 Å². The van der Waals surface area contributed by atoms with E-state index in [4.69, 9.17) is 0 Å². The predicted octanol–water partition coefficient (Wildman–Crippen LogP) is -0.223. The maximum atomic E-state index is 12.7. The van der Waals surface area contributed by atoms with E-state index in [2.05, 4.69) is 20.7 Å². The maximum Gasteiger partial charge on any atom is 0.241 e. The van der Waals surface area contributed by atoms with Crippen LogP contribution in [0.1, 0.15) is 20.8 Å². The summed E-state index contributed by atoms with van der Waals surface area (Å²) >= 11 is 2.95. The van der Waals surface area contributed by atoms with Gasteiger partial charge in [-0.05, 0) is 5.41 Å². The summed E-state index contributed by atoms with van der Waals surface area (Å²) in [4.78, 5) is 14.2. The van der Waals surface area contributed by atoms with Gasteiger partial charge in [-0.25, -0.2) is 21.6 Å². The lowest BCUT2D eigenvalue weighted by atomic mass is 9.86. The lowest BCUT2D eigenvalue weighted by Gasteiger charge is -2.38. The SMILES string of the molecule is CC(C)(C)C(NS(C)(=O)=O)C(=O)N1CCN(S(=O)(=O)CBr)CC1. The Hall–Kier alpha value is -0.230. The molecule has 0 saturated carbocycles. The van der Waals surface area contributed by atoms with Crippen LogP contribution in [0.3, 0.4) is 0 Å². The van der Waals surface area contributed by atoms with Gasteiger partial charge in [0.15, 0.2) is 0 Å². The Bertz CT molecular complexity index is 634. The van der Waals surface area contributed by atoms with Gasteiger partial charge in [-0.2, -0.15) is 4.31 Å². The number of piperazine rings is 1. The van der Waals surface area contributed by atoms with E-state index < -0.39 is 31.5 Å². The van der Waals surface area contributed by atoms with Gasteiger partial charge >= 0.3 is 0 Å². The molecular weight excluding hydrogens is 410 g/mol. The number of halogens is 1. The highest BCUT2D eigenvalue weighted by Crippen LogP contribution is 2.23. The van der Waals surface area contributed by atoms with Crippen molar-refractivity contribution in [3.8, 4) is 0 Å². The normalized spacial score (nSPS) is 19.6. The van der Waals surface area contributed by atoms with E-state index in [9.17, 15) is 21.6 Å². The van der Waals surface area contributed by atoms with Gasteiger partial charge in [0.05, 0.1) is 6.26 Å². The molecule has 1 aliphatic heterocycles. The summed E-state index contributed by atoms with van der Waals surface area (Å²) < 4.78 is 50.2. The first-order valence-corrected chi connectivity index (χ1v) is 11.7. The zero-order chi connectivity index (χ0) is 18.1. The first-order chi connectivity index (χ1) is 10.3. The fourth-order valence-corrected chi connectivity index (χ4v) is 4.86. The van der Waals surface area contributed by atoms with Gasteiger partial charge in [0.2, 0.25) is 26.0 Å². The van der Waals surface area contributed by atoms with Gasteiger partial charge in [-0.15, -0.1) is 0 Å². The van der Waals surface area contributed by atoms with Gasteiger partial charge in [0.25, 0.3) is 0 Å². The van der Waals surface area contributed by atoms with Crippen LogP contribution in [0, 0.1) is 5.41 Å². The molecule has 1 unspecified atom stereocenters. The molecule has 11 heteroatoms. The van der Waals surface area contributed by atoms with Crippen LogP contribution >= 0.6 is 15.9 Å². The first-order valence-electron chi connectivity index (χ1n) is 7.08. The molecule has 1 aliphatic rings. The number of nitrogens with zero attached hydrogens (tertiary/aromatic N) is 2. The average molecular weight is 434 g/mol. The van der Waals surface area contributed by atoms with Gasteiger partial charge in [0, 0.05) is 26.2 Å². The van der Waals surface area contributed by atoms with Crippen LogP contribution < -0.4 is 4.72 Å². The van der Waals surface area contributed by atoms with Crippen molar-refractivity contribution in [2.75, 3.05) is 37.1 Å². The standard InChI is InChI=1S/C12H24BrN3O5S2/c1-12(2,3)10(14-22(4,18)19)11(17)15-5-7-16(8-6-15)23(20,21)9-13/h10,14H,5-9H2,1-4H3. The number of alkyl halides is 1. The van der Waals surface area contributed by atoms with Crippen molar-refractivity contribution in [2.24, 2.45) is 5.41 Å². The number of amides is 1. The summed E-state index contributed by atoms with van der Waals surface area (Å²) in [5.41, 5.74) is -0.598. The highest BCUT2D eigenvalue weighted by molar-refractivity contribution is 9.10. The maximum absolute atomic E-state index is 12.7. The van der Waals surface area contributed by atoms with Crippen molar-refractivity contribution >= 4 is 41.9 Å². The third-order valence-electron chi connectivity index (χ3n) is 3.53. The molecule has 136 valence electrons. The smallest absolute Gasteiger partial charge is 0.241 e. The van der Waals surface area contributed by atoms with Crippen molar-refractivity contribution in [1.82, 2.24) is 13.9 Å². The Morgan fingerprint density at radius 2 is 1.61 bits per heavy atom. The molecule has 1 atom stereocenters. The molecule has 0 bridgehead atoms. The average Bonchev–Trinajstić information content (AvgIpc) is 2.42. The summed E-state index contributed by atoms with van der Waals surface area (Å²) in [5.74, 6) is -0.334. The second kappa shape index (κ2) is 7.34. The second-order valence-corrected chi connectivity index (χ2v) is 11.7. The summed E-state index contributed by atoms with van der Waals surface area (Å²) in [6, 6.07) is -0.892. The van der Waals surface area contributed by atoms with Crippen LogP contribution in [-0.4, -0.2) is 75.1 Å². The van der Waals surface area contributed by atoms with Crippen molar-refractivity contribution < 1.29 is 21.6 Å². The summed E-state index contributed by atoms with van der Waals surface area (Å²) in [6.45, 7) is 6.22. The zero-order valence-corrected chi connectivity index (χ0v) is 17.0. The largest absolute Gasteiger partial charge is 0.339 e. The van der Waals surface area contributed by atoms with Gasteiger partial charge < -0.3 is 4.90 Å². The van der Waals surface area contributed by atoms with Crippen LogP contribution in [0.4, 0.5) is 0 Å². The molecular formula is C12H24BrN3O5S2. The van der Waals surface area contributed by atoms with Gasteiger partial charge in [-0.3, -0.25) is 4.79 Å². The van der Waals surface area contributed by atoms with Crippen molar-refractivity contribution in [3.63, 3.8) is 0 Å². The highest BCUT2D eigenvalue weighted by Gasteiger charge is 2.38. The van der Waals surface area contributed by atoms with Gasteiger partial charge in [0.1, 0.15) is 10.7 Å². The van der Waals surface area contributed by atoms with E-state index in [1.54, 1.807) is 20.8 Å². The van der Waals surface area contributed by atoms with Crippen molar-refractivity contribution in [1.29, 1.82) is 0 Å². The molecule has 1 heterocycles. The van der Waals surface area contributed by atoms with Gasteiger partial charge in [-0.1, -0.05) is 36.7 Å². The Balaban J connectivity index is 2.84. The Kier molecular flexibility index (Phi) is 6.64. The van der Waals surface area contributed by atoms with Crippen LogP contribution in [0.25, 0.3) is 0 Å². The minimum Gasteiger partial charge on any atom is -0.339 e. The number of sulfonamides is 2. The molecule has 0 aromatic rings. The lowest BCUT2D eigenvalue weighted by molar-refractivity contribution is -0.136. The van der Waals surface area contributed by atoms with E-state index in [0.717, 1.165) is 6.26 Å². The third-order valence-corrected chi connectivity index (χ3v) is 7.35. The monoisotopic (exact) mass is 433 g/mol. The molecule has 0 aromatic heterocycles. The second-order valence-electron chi connectivity index (χ2n) is 6.63. The van der Waals surface area contributed by atoms with Crippen LogP contribution in [0.2, 0.25) is 0 Å². The summed E-state index contributed by atoms with van der Waals surface area (Å²) in [6.07, 6.45) is 1.01. The molecule has 1 saturated heterocycles.